The van der Waals surface area contributed by atoms with Gasteiger partial charge in [-0.3, -0.25) is 0 Å². The van der Waals surface area contributed by atoms with Gasteiger partial charge in [0, 0.05) is 0 Å². The van der Waals surface area contributed by atoms with Crippen molar-refractivity contribution in [1.29, 1.82) is 0 Å². The Morgan fingerprint density at radius 1 is 0.261 bits per heavy atom. The van der Waals surface area contributed by atoms with E-state index in [1.807, 2.05) is 36.4 Å². The van der Waals surface area contributed by atoms with Gasteiger partial charge in [-0.15, -0.1) is 0 Å². The maximum atomic E-state index is 7.65. The van der Waals surface area contributed by atoms with Crippen molar-refractivity contribution in [2.45, 2.75) is 114 Å². The second kappa shape index (κ2) is 25.6. The summed E-state index contributed by atoms with van der Waals surface area (Å²) in [7, 11) is 0. The van der Waals surface area contributed by atoms with E-state index in [0.717, 1.165) is 38.5 Å². The Morgan fingerprint density at radius 3 is 0.815 bits per heavy atom. The standard InChI is InChI=1S/C68H47Cl13N8O3/c69-45-37-38(46(70)54(78)53(45)77)62-82-61(37)83-63-39-42(50(74)58(55(79)47(39)71)90-34-22-16-31(17-23-34)28-10-4-1-5-11-28)66(85-63)87-65-41-44(52(76)60(57(81)49(41)73)92-36-26-20-33(21-27-36)30-14-8-3-9-15-30)68(88-65)89-67-43-40(64(84-62)86-67)48(72)56(80)59(51(43)75)91-35-24-18-32(19-25-35)29-12-6-2-7-13-29/h16-30H,1-15H2,(H2,82,83,84,85,86,87,88,89). The molecule has 92 heavy (non-hydrogen) atoms. The number of halogens is 13. The number of fused-ring (bicyclic) bond motifs is 20. The Hall–Kier alpha value is -4.93. The summed E-state index contributed by atoms with van der Waals surface area (Å²) in [5.74, 6) is 2.57. The second-order valence-electron chi connectivity index (χ2n) is 23.7. The lowest BCUT2D eigenvalue weighted by molar-refractivity contribution is 0.442. The zero-order valence-electron chi connectivity index (χ0n) is 48.1. The molecule has 3 aliphatic carbocycles. The lowest BCUT2D eigenvalue weighted by Gasteiger charge is -2.22. The van der Waals surface area contributed by atoms with Gasteiger partial charge in [0.15, 0.2) is 40.5 Å². The largest absolute Gasteiger partial charge is 0.454 e. The highest BCUT2D eigenvalue weighted by Gasteiger charge is 2.36. The summed E-state index contributed by atoms with van der Waals surface area (Å²) < 4.78 is 19.8. The zero-order valence-corrected chi connectivity index (χ0v) is 57.9. The molecule has 0 atom stereocenters. The first-order valence-corrected chi connectivity index (χ1v) is 35.1. The zero-order chi connectivity index (χ0) is 63.5. The number of hydrogen-bond acceptors (Lipinski definition) is 9. The van der Waals surface area contributed by atoms with Crippen LogP contribution in [-0.4, -0.2) is 39.9 Å². The third-order valence-corrected chi connectivity index (χ3v) is 23.6. The highest BCUT2D eigenvalue weighted by molar-refractivity contribution is 6.55. The normalized spacial score (nSPS) is 15.5. The van der Waals surface area contributed by atoms with Crippen LogP contribution >= 0.6 is 151 Å². The average molecular weight is 1490 g/mol. The molecule has 11 nitrogen and oxygen atoms in total. The maximum Gasteiger partial charge on any atom is 0.166 e. The molecular formula is C68H47Cl13N8O3. The van der Waals surface area contributed by atoms with Gasteiger partial charge in [-0.05, 0) is 109 Å². The van der Waals surface area contributed by atoms with Crippen LogP contribution < -0.4 is 14.2 Å². The second-order valence-corrected chi connectivity index (χ2v) is 28.6. The SMILES string of the molecule is Clc1c(Cl)c(Cl)c2c(c1Cl)-c1nc-2nc2[nH]c(nc3nc(nc4[nH]c(n1)c1c(Cl)c(Cl)c(Oc5ccc(C6CCCCC6)cc5)c(Cl)c41)-c1c(Cl)c(Cl)c(Oc4ccc(C5CCCCC5)cc4)c(Cl)c1-3)c1c(Cl)c(Oc3ccc(C4CCCCC4)cc3)c(Cl)c(Cl)c21. The van der Waals surface area contributed by atoms with E-state index >= 15 is 0 Å². The third-order valence-electron chi connectivity index (χ3n) is 18.2. The van der Waals surface area contributed by atoms with Gasteiger partial charge in [0.2, 0.25) is 0 Å². The molecule has 0 amide bonds. The Labute approximate surface area is 592 Å². The number of hydrogen-bond donors (Lipinski definition) is 2. The lowest BCUT2D eigenvalue weighted by atomic mass is 9.84. The molecule has 10 aromatic rings. The highest BCUT2D eigenvalue weighted by Crippen LogP contribution is 2.57. The number of rotatable bonds is 9. The molecule has 15 rings (SSSR count). The molecule has 0 unspecified atom stereocenters. The molecule has 0 spiro atoms. The third kappa shape index (κ3) is 11.1. The van der Waals surface area contributed by atoms with E-state index in [1.54, 1.807) is 0 Å². The maximum absolute atomic E-state index is 7.65. The van der Waals surface area contributed by atoms with Crippen LogP contribution in [0.4, 0.5) is 0 Å². The van der Waals surface area contributed by atoms with Crippen LogP contribution in [0.3, 0.4) is 0 Å². The van der Waals surface area contributed by atoms with E-state index in [0.29, 0.717) is 35.0 Å². The van der Waals surface area contributed by atoms with Crippen LogP contribution in [0, 0.1) is 0 Å². The monoisotopic (exact) mass is 1480 g/mol. The molecule has 24 heteroatoms. The first-order valence-electron chi connectivity index (χ1n) is 30.1. The first kappa shape index (κ1) is 63.1. The van der Waals surface area contributed by atoms with Gasteiger partial charge in [-0.25, -0.2) is 29.9 Å². The van der Waals surface area contributed by atoms with Crippen LogP contribution in [0.15, 0.2) is 72.8 Å². The fraction of sp³-hybridized carbons (Fsp3) is 0.265. The van der Waals surface area contributed by atoms with Gasteiger partial charge in [-0.1, -0.05) is 245 Å². The number of aromatic amines is 2. The summed E-state index contributed by atoms with van der Waals surface area (Å²) >= 11 is 95.2. The van der Waals surface area contributed by atoms with E-state index < -0.39 is 0 Å². The smallest absolute Gasteiger partial charge is 0.166 e. The summed E-state index contributed by atoms with van der Waals surface area (Å²) in [4.78, 5) is 37.4. The van der Waals surface area contributed by atoms with Crippen molar-refractivity contribution in [3.05, 3.63) is 155 Å². The van der Waals surface area contributed by atoms with E-state index in [1.165, 1.54) is 74.5 Å². The van der Waals surface area contributed by atoms with Gasteiger partial charge < -0.3 is 24.2 Å². The van der Waals surface area contributed by atoms with Crippen molar-refractivity contribution in [2.75, 3.05) is 0 Å². The van der Waals surface area contributed by atoms with Crippen molar-refractivity contribution < 1.29 is 14.2 Å². The lowest BCUT2D eigenvalue weighted by Crippen LogP contribution is -2.04. The van der Waals surface area contributed by atoms with Crippen molar-refractivity contribution in [1.82, 2.24) is 39.9 Å². The molecule has 5 aliphatic rings. The van der Waals surface area contributed by atoms with E-state index in [4.69, 9.17) is 195 Å². The fourth-order valence-electron chi connectivity index (χ4n) is 13.6. The van der Waals surface area contributed by atoms with Gasteiger partial charge in [-0.2, -0.15) is 0 Å². The van der Waals surface area contributed by atoms with E-state index in [-0.39, 0.29) is 172 Å². The Kier molecular flexibility index (Phi) is 17.6. The van der Waals surface area contributed by atoms with Crippen LogP contribution in [0.5, 0.6) is 34.5 Å². The van der Waals surface area contributed by atoms with Gasteiger partial charge in [0.25, 0.3) is 0 Å². The summed E-state index contributed by atoms with van der Waals surface area (Å²) in [6.07, 6.45) is 17.5. The summed E-state index contributed by atoms with van der Waals surface area (Å²) in [6, 6.07) is 23.7. The molecule has 2 N–H and O–H groups in total. The van der Waals surface area contributed by atoms with Crippen molar-refractivity contribution in [2.24, 2.45) is 0 Å². The van der Waals surface area contributed by atoms with Crippen molar-refractivity contribution in [3.8, 4) is 80.0 Å². The van der Waals surface area contributed by atoms with E-state index in [9.17, 15) is 0 Å². The van der Waals surface area contributed by atoms with Gasteiger partial charge in [0.05, 0.1) is 94.0 Å². The summed E-state index contributed by atoms with van der Waals surface area (Å²) in [5, 5.41) is 0.239. The number of benzene rings is 7. The quantitative estimate of drug-likeness (QED) is 0.107. The Bertz CT molecular complexity index is 4890. The molecule has 7 aromatic carbocycles. The summed E-state index contributed by atoms with van der Waals surface area (Å²) in [6.45, 7) is 0. The predicted octanol–water partition coefficient (Wildman–Crippen LogP) is 26.9. The molecule has 468 valence electrons. The molecule has 5 heterocycles. The predicted molar refractivity (Wildman–Crippen MR) is 378 cm³/mol. The molecule has 3 saturated carbocycles. The van der Waals surface area contributed by atoms with Crippen molar-refractivity contribution >= 4 is 195 Å². The Balaban J connectivity index is 1.00. The number of ether oxygens (including phenoxy) is 3. The number of aromatic nitrogens is 8. The topological polar surface area (TPSA) is 137 Å². The molecule has 8 bridgehead atoms. The molecule has 0 radical (unpaired) electrons. The average Bonchev–Trinajstić information content (AvgIpc) is 1.56. The number of nitrogens with one attached hydrogen (secondary N) is 2. The first-order chi connectivity index (χ1) is 44.5. The fourth-order valence-corrected chi connectivity index (χ4v) is 17.2. The highest BCUT2D eigenvalue weighted by atomic mass is 35.5. The minimum absolute atomic E-state index is 0.00544. The molecule has 0 saturated heterocycles. The minimum atomic E-state index is -0.0823. The van der Waals surface area contributed by atoms with Crippen LogP contribution in [0.25, 0.3) is 89.7 Å². The van der Waals surface area contributed by atoms with Gasteiger partial charge in [0.1, 0.15) is 54.9 Å². The van der Waals surface area contributed by atoms with Crippen LogP contribution in [0.1, 0.15) is 131 Å². The van der Waals surface area contributed by atoms with Crippen LogP contribution in [0.2, 0.25) is 65.3 Å². The van der Waals surface area contributed by atoms with Crippen molar-refractivity contribution in [3.63, 3.8) is 0 Å². The van der Waals surface area contributed by atoms with E-state index in [2.05, 4.69) is 46.4 Å². The molecule has 3 aromatic heterocycles. The summed E-state index contributed by atoms with van der Waals surface area (Å²) in [5.41, 5.74) is 4.43. The Morgan fingerprint density at radius 2 is 0.511 bits per heavy atom. The molecular weight excluding hydrogens is 1440 g/mol. The minimum Gasteiger partial charge on any atom is -0.454 e. The number of H-pyrrole nitrogens is 2. The molecule has 3 fully saturated rings. The number of nitrogens with zero attached hydrogens (tertiary/aromatic N) is 6. The van der Waals surface area contributed by atoms with Crippen LogP contribution in [-0.2, 0) is 0 Å². The van der Waals surface area contributed by atoms with Gasteiger partial charge >= 0.3 is 0 Å². The molecule has 2 aliphatic heterocycles.